The SMILES string of the molecule is CCC1(C)C(=O)Nc2ccc(OC(F)(F)F)cc21. The third-order valence-corrected chi connectivity index (χ3v) is 3.28. The number of hydrogen-bond acceptors (Lipinski definition) is 2. The normalized spacial score (nSPS) is 22.6. The summed E-state index contributed by atoms with van der Waals surface area (Å²) in [6.45, 7) is 3.51. The van der Waals surface area contributed by atoms with E-state index in [1.807, 2.05) is 6.92 Å². The van der Waals surface area contributed by atoms with Crippen LogP contribution in [-0.4, -0.2) is 12.3 Å². The minimum absolute atomic E-state index is 0.204. The maximum Gasteiger partial charge on any atom is 0.573 e. The molecule has 0 radical (unpaired) electrons. The molecule has 1 aromatic rings. The zero-order valence-corrected chi connectivity index (χ0v) is 9.89. The summed E-state index contributed by atoms with van der Waals surface area (Å²) in [4.78, 5) is 11.8. The van der Waals surface area contributed by atoms with Crippen LogP contribution in [0.1, 0.15) is 25.8 Å². The number of benzene rings is 1. The summed E-state index contributed by atoms with van der Waals surface area (Å²) in [5.74, 6) is -0.512. The Bertz CT molecular complexity index is 499. The van der Waals surface area contributed by atoms with Crippen LogP contribution in [0.4, 0.5) is 18.9 Å². The Hall–Kier alpha value is -1.72. The molecule has 1 unspecified atom stereocenters. The molecule has 0 aromatic heterocycles. The van der Waals surface area contributed by atoms with E-state index in [2.05, 4.69) is 10.1 Å². The van der Waals surface area contributed by atoms with Gasteiger partial charge in [0, 0.05) is 5.69 Å². The molecule has 0 saturated heterocycles. The van der Waals surface area contributed by atoms with E-state index in [0.29, 0.717) is 17.7 Å². The molecule has 1 N–H and O–H groups in total. The number of carbonyl (C=O) groups is 1. The van der Waals surface area contributed by atoms with Gasteiger partial charge in [-0.15, -0.1) is 13.2 Å². The van der Waals surface area contributed by atoms with Gasteiger partial charge in [0.05, 0.1) is 5.41 Å². The summed E-state index contributed by atoms with van der Waals surface area (Å²) in [6, 6.07) is 3.88. The van der Waals surface area contributed by atoms with Crippen molar-refractivity contribution in [3.8, 4) is 5.75 Å². The minimum Gasteiger partial charge on any atom is -0.406 e. The van der Waals surface area contributed by atoms with Crippen molar-refractivity contribution in [1.29, 1.82) is 0 Å². The van der Waals surface area contributed by atoms with Gasteiger partial charge in [0.15, 0.2) is 0 Å². The van der Waals surface area contributed by atoms with Crippen LogP contribution < -0.4 is 10.1 Å². The standard InChI is InChI=1S/C12H12F3NO2/c1-3-11(2)8-6-7(18-12(13,14)15)4-5-9(8)16-10(11)17/h4-6H,3H2,1-2H3,(H,16,17). The number of fused-ring (bicyclic) bond motifs is 1. The quantitative estimate of drug-likeness (QED) is 0.885. The zero-order valence-electron chi connectivity index (χ0n) is 9.89. The van der Waals surface area contributed by atoms with E-state index in [9.17, 15) is 18.0 Å². The second-order valence-corrected chi connectivity index (χ2v) is 4.39. The molecule has 98 valence electrons. The van der Waals surface area contributed by atoms with Crippen LogP contribution in [0.15, 0.2) is 18.2 Å². The van der Waals surface area contributed by atoms with Gasteiger partial charge in [0.2, 0.25) is 5.91 Å². The monoisotopic (exact) mass is 259 g/mol. The largest absolute Gasteiger partial charge is 0.573 e. The number of hydrogen-bond donors (Lipinski definition) is 1. The first-order valence-electron chi connectivity index (χ1n) is 5.48. The Morgan fingerprint density at radius 3 is 2.61 bits per heavy atom. The van der Waals surface area contributed by atoms with E-state index in [1.54, 1.807) is 6.92 Å². The summed E-state index contributed by atoms with van der Waals surface area (Å²) >= 11 is 0. The topological polar surface area (TPSA) is 38.3 Å². The van der Waals surface area contributed by atoms with Gasteiger partial charge in [-0.25, -0.2) is 0 Å². The van der Waals surface area contributed by atoms with Crippen molar-refractivity contribution >= 4 is 11.6 Å². The van der Waals surface area contributed by atoms with Gasteiger partial charge >= 0.3 is 6.36 Å². The third kappa shape index (κ3) is 2.02. The number of halogens is 3. The van der Waals surface area contributed by atoms with E-state index >= 15 is 0 Å². The molecule has 2 rings (SSSR count). The van der Waals surface area contributed by atoms with Crippen LogP contribution in [0.5, 0.6) is 5.75 Å². The number of rotatable bonds is 2. The second kappa shape index (κ2) is 3.90. The number of amides is 1. The number of nitrogens with one attached hydrogen (secondary N) is 1. The van der Waals surface area contributed by atoms with Gasteiger partial charge in [0.1, 0.15) is 5.75 Å². The molecule has 0 saturated carbocycles. The van der Waals surface area contributed by atoms with E-state index in [-0.39, 0.29) is 11.7 Å². The van der Waals surface area contributed by atoms with Gasteiger partial charge < -0.3 is 10.1 Å². The minimum atomic E-state index is -4.73. The number of alkyl halides is 3. The van der Waals surface area contributed by atoms with E-state index in [0.717, 1.165) is 0 Å². The third-order valence-electron chi connectivity index (χ3n) is 3.28. The van der Waals surface area contributed by atoms with Crippen LogP contribution in [0.25, 0.3) is 0 Å². The smallest absolute Gasteiger partial charge is 0.406 e. The van der Waals surface area contributed by atoms with Crippen LogP contribution in [0.3, 0.4) is 0 Å². The molecule has 0 fully saturated rings. The lowest BCUT2D eigenvalue weighted by Gasteiger charge is -2.20. The first-order valence-corrected chi connectivity index (χ1v) is 5.48. The highest BCUT2D eigenvalue weighted by atomic mass is 19.4. The molecule has 0 aliphatic carbocycles. The fourth-order valence-corrected chi connectivity index (χ4v) is 2.02. The van der Waals surface area contributed by atoms with Crippen molar-refractivity contribution in [2.24, 2.45) is 0 Å². The Balaban J connectivity index is 2.41. The fourth-order valence-electron chi connectivity index (χ4n) is 2.02. The molecule has 1 amide bonds. The number of carbonyl (C=O) groups excluding carboxylic acids is 1. The molecular formula is C12H12F3NO2. The van der Waals surface area contributed by atoms with Crippen molar-refractivity contribution in [1.82, 2.24) is 0 Å². The summed E-state index contributed by atoms with van der Waals surface area (Å²) in [5.41, 5.74) is 0.274. The van der Waals surface area contributed by atoms with Crippen LogP contribution >= 0.6 is 0 Å². The Kier molecular flexibility index (Phi) is 2.76. The lowest BCUT2D eigenvalue weighted by atomic mass is 9.81. The molecule has 1 aliphatic heterocycles. The van der Waals surface area contributed by atoms with Crippen molar-refractivity contribution in [2.45, 2.75) is 32.0 Å². The Labute approximate surface area is 102 Å². The van der Waals surface area contributed by atoms with E-state index in [4.69, 9.17) is 0 Å². The highest BCUT2D eigenvalue weighted by Gasteiger charge is 2.42. The lowest BCUT2D eigenvalue weighted by molar-refractivity contribution is -0.274. The van der Waals surface area contributed by atoms with E-state index < -0.39 is 11.8 Å². The summed E-state index contributed by atoms with van der Waals surface area (Å²) in [6.07, 6.45) is -4.23. The predicted molar refractivity (Wildman–Crippen MR) is 59.4 cm³/mol. The predicted octanol–water partition coefficient (Wildman–Crippen LogP) is 3.21. The van der Waals surface area contributed by atoms with Crippen LogP contribution in [0.2, 0.25) is 0 Å². The lowest BCUT2D eigenvalue weighted by Crippen LogP contribution is -2.30. The van der Waals surface area contributed by atoms with Gasteiger partial charge in [-0.1, -0.05) is 6.92 Å². The molecule has 1 atom stereocenters. The molecule has 1 aliphatic rings. The Morgan fingerprint density at radius 2 is 2.06 bits per heavy atom. The van der Waals surface area contributed by atoms with Crippen molar-refractivity contribution in [3.63, 3.8) is 0 Å². The highest BCUT2D eigenvalue weighted by molar-refractivity contribution is 6.06. The van der Waals surface area contributed by atoms with Crippen molar-refractivity contribution in [3.05, 3.63) is 23.8 Å². The van der Waals surface area contributed by atoms with Crippen molar-refractivity contribution < 1.29 is 22.7 Å². The number of ether oxygens (including phenoxy) is 1. The van der Waals surface area contributed by atoms with Crippen molar-refractivity contribution in [2.75, 3.05) is 5.32 Å². The molecule has 6 heteroatoms. The molecule has 1 aromatic carbocycles. The molecule has 3 nitrogen and oxygen atoms in total. The van der Waals surface area contributed by atoms with Crippen LogP contribution in [-0.2, 0) is 10.2 Å². The molecule has 0 spiro atoms. The average Bonchev–Trinajstić information content (AvgIpc) is 2.51. The summed E-state index contributed by atoms with van der Waals surface area (Å²) in [7, 11) is 0. The van der Waals surface area contributed by atoms with Gasteiger partial charge in [-0.3, -0.25) is 4.79 Å². The highest BCUT2D eigenvalue weighted by Crippen LogP contribution is 2.42. The first kappa shape index (κ1) is 12.7. The van der Waals surface area contributed by atoms with Gasteiger partial charge in [-0.2, -0.15) is 0 Å². The number of anilines is 1. The van der Waals surface area contributed by atoms with E-state index in [1.165, 1.54) is 18.2 Å². The van der Waals surface area contributed by atoms with Gasteiger partial charge in [-0.05, 0) is 37.1 Å². The summed E-state index contributed by atoms with van der Waals surface area (Å²) < 4.78 is 40.3. The average molecular weight is 259 g/mol. The van der Waals surface area contributed by atoms with Crippen LogP contribution in [0, 0.1) is 0 Å². The maximum atomic E-state index is 12.1. The van der Waals surface area contributed by atoms with Gasteiger partial charge in [0.25, 0.3) is 0 Å². The Morgan fingerprint density at radius 1 is 1.39 bits per heavy atom. The molecule has 18 heavy (non-hydrogen) atoms. The molecular weight excluding hydrogens is 247 g/mol. The fraction of sp³-hybridized carbons (Fsp3) is 0.417. The zero-order chi connectivity index (χ0) is 13.6. The second-order valence-electron chi connectivity index (χ2n) is 4.39. The molecule has 1 heterocycles. The molecule has 0 bridgehead atoms. The first-order chi connectivity index (χ1) is 8.26. The summed E-state index contributed by atoms with van der Waals surface area (Å²) in [5, 5.41) is 2.65. The maximum absolute atomic E-state index is 12.1.